The molecule has 0 aliphatic heterocycles. The molecule has 2 fully saturated rings. The molecular formula is C13H19NO. The van der Waals surface area contributed by atoms with E-state index in [-0.39, 0.29) is 0 Å². The fourth-order valence-electron chi connectivity index (χ4n) is 2.47. The Kier molecular flexibility index (Phi) is 2.32. The lowest BCUT2D eigenvalue weighted by Crippen LogP contribution is -2.35. The highest BCUT2D eigenvalue weighted by Crippen LogP contribution is 2.45. The largest absolute Gasteiger partial charge is 0.472 e. The summed E-state index contributed by atoms with van der Waals surface area (Å²) >= 11 is 0. The monoisotopic (exact) mass is 205 g/mol. The first-order chi connectivity index (χ1) is 7.34. The first-order valence-electron chi connectivity index (χ1n) is 6.13. The molecule has 0 spiro atoms. The van der Waals surface area contributed by atoms with Gasteiger partial charge in [-0.1, -0.05) is 0 Å². The molecule has 2 saturated carbocycles. The molecule has 1 aromatic heterocycles. The Morgan fingerprint density at radius 2 is 1.93 bits per heavy atom. The standard InChI is InChI=1S/C13H19NO/c1-9(12-6-7-15-8-12)14-13(10-2-3-10)11-4-5-11/h6-11,13-14H,2-5H2,1H3. The van der Waals surface area contributed by atoms with E-state index in [1.54, 1.807) is 6.26 Å². The Hall–Kier alpha value is -0.760. The molecule has 1 N–H and O–H groups in total. The molecule has 2 heteroatoms. The van der Waals surface area contributed by atoms with Crippen LogP contribution in [0.15, 0.2) is 23.0 Å². The predicted octanol–water partition coefficient (Wildman–Crippen LogP) is 3.12. The fraction of sp³-hybridized carbons (Fsp3) is 0.692. The van der Waals surface area contributed by atoms with Gasteiger partial charge >= 0.3 is 0 Å². The lowest BCUT2D eigenvalue weighted by Gasteiger charge is -2.22. The Morgan fingerprint density at radius 1 is 1.27 bits per heavy atom. The summed E-state index contributed by atoms with van der Waals surface area (Å²) in [5.41, 5.74) is 1.28. The van der Waals surface area contributed by atoms with E-state index in [0.717, 1.165) is 17.9 Å². The van der Waals surface area contributed by atoms with Crippen LogP contribution in [0.4, 0.5) is 0 Å². The Morgan fingerprint density at radius 3 is 2.40 bits per heavy atom. The van der Waals surface area contributed by atoms with Gasteiger partial charge < -0.3 is 9.73 Å². The molecule has 0 radical (unpaired) electrons. The average molecular weight is 205 g/mol. The molecule has 0 aromatic carbocycles. The molecule has 0 amide bonds. The minimum absolute atomic E-state index is 0.440. The summed E-state index contributed by atoms with van der Waals surface area (Å²) in [5, 5.41) is 3.78. The third-order valence-corrected chi connectivity index (χ3v) is 3.75. The maximum Gasteiger partial charge on any atom is 0.0950 e. The zero-order valence-electron chi connectivity index (χ0n) is 9.28. The summed E-state index contributed by atoms with van der Waals surface area (Å²) in [7, 11) is 0. The SMILES string of the molecule is CC(NC(C1CC1)C1CC1)c1ccoc1. The average Bonchev–Trinajstić information content (AvgIpc) is 3.15. The van der Waals surface area contributed by atoms with E-state index < -0.39 is 0 Å². The predicted molar refractivity (Wildman–Crippen MR) is 59.5 cm³/mol. The number of furan rings is 1. The molecule has 82 valence electrons. The molecule has 1 heterocycles. The van der Waals surface area contributed by atoms with E-state index >= 15 is 0 Å². The second kappa shape index (κ2) is 3.67. The second-order valence-electron chi connectivity index (χ2n) is 5.15. The molecule has 3 rings (SSSR count). The minimum Gasteiger partial charge on any atom is -0.472 e. The van der Waals surface area contributed by atoms with Crippen molar-refractivity contribution in [2.75, 3.05) is 0 Å². The van der Waals surface area contributed by atoms with E-state index in [1.165, 1.54) is 31.2 Å². The Labute approximate surface area is 91.0 Å². The third kappa shape index (κ3) is 2.10. The summed E-state index contributed by atoms with van der Waals surface area (Å²) in [6.07, 6.45) is 9.36. The maximum absolute atomic E-state index is 5.13. The van der Waals surface area contributed by atoms with Crippen LogP contribution in [0.3, 0.4) is 0 Å². The van der Waals surface area contributed by atoms with Crippen molar-refractivity contribution < 1.29 is 4.42 Å². The first-order valence-corrected chi connectivity index (χ1v) is 6.13. The molecule has 2 aliphatic carbocycles. The molecule has 0 saturated heterocycles. The highest BCUT2D eigenvalue weighted by molar-refractivity contribution is 5.11. The van der Waals surface area contributed by atoms with Gasteiger partial charge in [-0.25, -0.2) is 0 Å². The van der Waals surface area contributed by atoms with E-state index in [9.17, 15) is 0 Å². The molecule has 2 aliphatic rings. The zero-order valence-corrected chi connectivity index (χ0v) is 9.28. The van der Waals surface area contributed by atoms with Crippen molar-refractivity contribution in [2.45, 2.75) is 44.7 Å². The van der Waals surface area contributed by atoms with E-state index in [0.29, 0.717) is 6.04 Å². The van der Waals surface area contributed by atoms with Crippen molar-refractivity contribution in [3.05, 3.63) is 24.2 Å². The first kappa shape index (κ1) is 9.46. The van der Waals surface area contributed by atoms with Crippen molar-refractivity contribution >= 4 is 0 Å². The Bertz CT molecular complexity index is 299. The van der Waals surface area contributed by atoms with E-state index in [1.807, 2.05) is 6.26 Å². The zero-order chi connectivity index (χ0) is 10.3. The highest BCUT2D eigenvalue weighted by atomic mass is 16.3. The summed E-state index contributed by atoms with van der Waals surface area (Å²) in [6.45, 7) is 2.24. The number of rotatable bonds is 5. The third-order valence-electron chi connectivity index (χ3n) is 3.75. The van der Waals surface area contributed by atoms with Crippen molar-refractivity contribution in [1.29, 1.82) is 0 Å². The van der Waals surface area contributed by atoms with Gasteiger partial charge in [0.25, 0.3) is 0 Å². The van der Waals surface area contributed by atoms with Crippen molar-refractivity contribution in [1.82, 2.24) is 5.32 Å². The van der Waals surface area contributed by atoms with Gasteiger partial charge in [0.1, 0.15) is 0 Å². The molecule has 0 bridgehead atoms. The number of nitrogens with one attached hydrogen (secondary N) is 1. The van der Waals surface area contributed by atoms with Crippen LogP contribution in [0, 0.1) is 11.8 Å². The normalized spacial score (nSPS) is 23.3. The molecular weight excluding hydrogens is 186 g/mol. The number of hydrogen-bond donors (Lipinski definition) is 1. The smallest absolute Gasteiger partial charge is 0.0950 e. The van der Waals surface area contributed by atoms with Gasteiger partial charge in [0.05, 0.1) is 12.5 Å². The van der Waals surface area contributed by atoms with Crippen molar-refractivity contribution in [3.8, 4) is 0 Å². The summed E-state index contributed by atoms with van der Waals surface area (Å²) in [5.74, 6) is 1.93. The van der Waals surface area contributed by atoms with Crippen LogP contribution in [0.25, 0.3) is 0 Å². The molecule has 1 aromatic rings. The minimum atomic E-state index is 0.440. The van der Waals surface area contributed by atoms with E-state index in [2.05, 4.69) is 18.3 Å². The highest BCUT2D eigenvalue weighted by Gasteiger charge is 2.41. The maximum atomic E-state index is 5.13. The lowest BCUT2D eigenvalue weighted by molar-refractivity contribution is 0.376. The topological polar surface area (TPSA) is 25.2 Å². The van der Waals surface area contributed by atoms with Crippen LogP contribution in [-0.2, 0) is 0 Å². The van der Waals surface area contributed by atoms with Crippen molar-refractivity contribution in [3.63, 3.8) is 0 Å². The van der Waals surface area contributed by atoms with Crippen LogP contribution in [0.1, 0.15) is 44.2 Å². The lowest BCUT2D eigenvalue weighted by atomic mass is 10.0. The van der Waals surface area contributed by atoms with Gasteiger partial charge in [0.2, 0.25) is 0 Å². The van der Waals surface area contributed by atoms with Gasteiger partial charge in [-0.15, -0.1) is 0 Å². The molecule has 1 unspecified atom stereocenters. The van der Waals surface area contributed by atoms with Crippen LogP contribution in [-0.4, -0.2) is 6.04 Å². The summed E-state index contributed by atoms with van der Waals surface area (Å²) in [6, 6.07) is 3.28. The van der Waals surface area contributed by atoms with Gasteiger partial charge in [0, 0.05) is 17.6 Å². The molecule has 2 nitrogen and oxygen atoms in total. The van der Waals surface area contributed by atoms with Crippen LogP contribution < -0.4 is 5.32 Å². The summed E-state index contributed by atoms with van der Waals surface area (Å²) < 4.78 is 5.13. The number of hydrogen-bond acceptors (Lipinski definition) is 2. The van der Waals surface area contributed by atoms with Crippen LogP contribution in [0.5, 0.6) is 0 Å². The molecule has 1 atom stereocenters. The van der Waals surface area contributed by atoms with Gasteiger partial charge in [-0.3, -0.25) is 0 Å². The quantitative estimate of drug-likeness (QED) is 0.799. The van der Waals surface area contributed by atoms with Crippen LogP contribution in [0.2, 0.25) is 0 Å². The fourth-order valence-corrected chi connectivity index (χ4v) is 2.47. The Balaban J connectivity index is 1.62. The molecule has 15 heavy (non-hydrogen) atoms. The van der Waals surface area contributed by atoms with Gasteiger partial charge in [-0.2, -0.15) is 0 Å². The second-order valence-corrected chi connectivity index (χ2v) is 5.15. The van der Waals surface area contributed by atoms with Gasteiger partial charge in [-0.05, 0) is 50.5 Å². The van der Waals surface area contributed by atoms with Crippen molar-refractivity contribution in [2.24, 2.45) is 11.8 Å². The van der Waals surface area contributed by atoms with Gasteiger partial charge in [0.15, 0.2) is 0 Å². The van der Waals surface area contributed by atoms with E-state index in [4.69, 9.17) is 4.42 Å². The summed E-state index contributed by atoms with van der Waals surface area (Å²) in [4.78, 5) is 0. The van der Waals surface area contributed by atoms with Crippen LogP contribution >= 0.6 is 0 Å².